The Hall–Kier alpha value is -1.28. The van der Waals surface area contributed by atoms with Gasteiger partial charge in [-0.25, -0.2) is 4.99 Å². The van der Waals surface area contributed by atoms with Crippen LogP contribution in [0.2, 0.25) is 0 Å². The molecule has 0 atom stereocenters. The molecule has 0 aliphatic heterocycles. The summed E-state index contributed by atoms with van der Waals surface area (Å²) in [6.45, 7) is 15.9. The molecule has 0 aromatic heterocycles. The number of hydrogen-bond donors (Lipinski definition) is 2. The second kappa shape index (κ2) is 15.0. The average molecular weight is 460 g/mol. The van der Waals surface area contributed by atoms with Crippen molar-refractivity contribution in [2.45, 2.75) is 27.3 Å². The minimum Gasteiger partial charge on any atom is -0.492 e. The van der Waals surface area contributed by atoms with Gasteiger partial charge in [0.1, 0.15) is 12.4 Å². The number of hydrogen-bond acceptors (Lipinski definition) is 3. The molecule has 2 N–H and O–H groups in total. The molecule has 0 heterocycles. The maximum atomic E-state index is 5.98. The van der Waals surface area contributed by atoms with Gasteiger partial charge < -0.3 is 20.3 Å². The van der Waals surface area contributed by atoms with Crippen LogP contribution in [0.4, 0.5) is 0 Å². The van der Waals surface area contributed by atoms with Crippen LogP contribution in [0.5, 0.6) is 5.75 Å². The number of guanidine groups is 1. The smallest absolute Gasteiger partial charge is 0.191 e. The summed E-state index contributed by atoms with van der Waals surface area (Å²) in [4.78, 5) is 6.96. The lowest BCUT2D eigenvalue weighted by molar-refractivity contribution is 0.221. The average Bonchev–Trinajstić information content (AvgIpc) is 2.62. The van der Waals surface area contributed by atoms with Crippen LogP contribution in [0.15, 0.2) is 41.9 Å². The molecule has 0 radical (unpaired) electrons. The fraction of sp³-hybridized carbons (Fsp3) is 0.526. The molecule has 0 aliphatic rings. The third kappa shape index (κ3) is 9.69. The molecule has 0 amide bonds. The second-order valence-corrected chi connectivity index (χ2v) is 5.35. The second-order valence-electron chi connectivity index (χ2n) is 5.35. The highest BCUT2D eigenvalue weighted by molar-refractivity contribution is 14.0. The summed E-state index contributed by atoms with van der Waals surface area (Å²) < 4.78 is 5.98. The molecule has 0 saturated heterocycles. The predicted octanol–water partition coefficient (Wildman–Crippen LogP) is 3.27. The third-order valence-electron chi connectivity index (χ3n) is 3.70. The molecule has 142 valence electrons. The molecule has 6 heteroatoms. The molecule has 0 unspecified atom stereocenters. The van der Waals surface area contributed by atoms with Crippen molar-refractivity contribution >= 4 is 29.9 Å². The topological polar surface area (TPSA) is 48.9 Å². The van der Waals surface area contributed by atoms with Crippen molar-refractivity contribution in [3.63, 3.8) is 0 Å². The number of ether oxygens (including phenoxy) is 1. The van der Waals surface area contributed by atoms with E-state index in [0.29, 0.717) is 19.7 Å². The van der Waals surface area contributed by atoms with E-state index < -0.39 is 0 Å². The zero-order chi connectivity index (χ0) is 17.6. The Morgan fingerprint density at radius 1 is 1.20 bits per heavy atom. The Morgan fingerprint density at radius 2 is 1.92 bits per heavy atom. The first-order chi connectivity index (χ1) is 11.7. The number of nitrogens with one attached hydrogen (secondary N) is 2. The minimum absolute atomic E-state index is 0. The summed E-state index contributed by atoms with van der Waals surface area (Å²) in [5, 5.41) is 6.43. The zero-order valence-electron chi connectivity index (χ0n) is 15.8. The minimum atomic E-state index is 0. The van der Waals surface area contributed by atoms with Crippen LogP contribution in [0.3, 0.4) is 0 Å². The molecule has 1 aromatic carbocycles. The lowest BCUT2D eigenvalue weighted by atomic mass is 10.2. The Bertz CT molecular complexity index is 504. The van der Waals surface area contributed by atoms with Crippen LogP contribution >= 0.6 is 24.0 Å². The highest BCUT2D eigenvalue weighted by Crippen LogP contribution is 2.18. The van der Waals surface area contributed by atoms with Crippen LogP contribution in [0.1, 0.15) is 26.3 Å². The lowest BCUT2D eigenvalue weighted by Crippen LogP contribution is -2.37. The summed E-state index contributed by atoms with van der Waals surface area (Å²) in [5.74, 6) is 1.70. The van der Waals surface area contributed by atoms with Gasteiger partial charge in [0.25, 0.3) is 0 Å². The lowest BCUT2D eigenvalue weighted by Gasteiger charge is -2.18. The van der Waals surface area contributed by atoms with Crippen molar-refractivity contribution in [2.75, 3.05) is 39.3 Å². The molecule has 0 spiro atoms. The van der Waals surface area contributed by atoms with Crippen molar-refractivity contribution < 1.29 is 4.74 Å². The molecule has 25 heavy (non-hydrogen) atoms. The molecular weight excluding hydrogens is 427 g/mol. The van der Waals surface area contributed by atoms with Gasteiger partial charge in [0, 0.05) is 25.2 Å². The summed E-state index contributed by atoms with van der Waals surface area (Å²) in [5.41, 5.74) is 1.09. The van der Waals surface area contributed by atoms with E-state index in [4.69, 9.17) is 4.74 Å². The van der Waals surface area contributed by atoms with Crippen LogP contribution in [0.25, 0.3) is 0 Å². The first-order valence-corrected chi connectivity index (χ1v) is 8.81. The number of nitrogens with zero attached hydrogens (tertiary/aromatic N) is 2. The maximum Gasteiger partial charge on any atom is 0.191 e. The molecule has 5 nitrogen and oxygen atoms in total. The van der Waals surface area contributed by atoms with E-state index in [2.05, 4.69) is 53.9 Å². The Labute approximate surface area is 169 Å². The number of halogens is 1. The first-order valence-electron chi connectivity index (χ1n) is 8.81. The molecule has 0 fully saturated rings. The van der Waals surface area contributed by atoms with Gasteiger partial charge in [-0.2, -0.15) is 0 Å². The van der Waals surface area contributed by atoms with Gasteiger partial charge in [0.05, 0.1) is 6.54 Å². The van der Waals surface area contributed by atoms with E-state index in [1.54, 1.807) is 0 Å². The van der Waals surface area contributed by atoms with Crippen molar-refractivity contribution in [3.8, 4) is 5.75 Å². The summed E-state index contributed by atoms with van der Waals surface area (Å²) in [7, 11) is 0. The highest BCUT2D eigenvalue weighted by atomic mass is 127. The highest BCUT2D eigenvalue weighted by Gasteiger charge is 2.05. The van der Waals surface area contributed by atoms with Gasteiger partial charge in [-0.1, -0.05) is 38.1 Å². The number of rotatable bonds is 11. The van der Waals surface area contributed by atoms with E-state index in [1.165, 1.54) is 0 Å². The maximum absolute atomic E-state index is 5.98. The SMILES string of the molecule is C=CCNC(=NCc1ccccc1OCCN(CC)CC)NCC.I. The number of likely N-dealkylation sites (N-methyl/N-ethyl adjacent to an activating group) is 1. The molecule has 0 aliphatic carbocycles. The summed E-state index contributed by atoms with van der Waals surface area (Å²) in [6, 6.07) is 8.10. The Morgan fingerprint density at radius 3 is 2.56 bits per heavy atom. The molecule has 1 rings (SSSR count). The van der Waals surface area contributed by atoms with Crippen molar-refractivity contribution in [1.29, 1.82) is 0 Å². The van der Waals surface area contributed by atoms with Crippen molar-refractivity contribution in [3.05, 3.63) is 42.5 Å². The van der Waals surface area contributed by atoms with Crippen LogP contribution in [-0.2, 0) is 6.54 Å². The van der Waals surface area contributed by atoms with Crippen molar-refractivity contribution in [1.82, 2.24) is 15.5 Å². The van der Waals surface area contributed by atoms with E-state index in [9.17, 15) is 0 Å². The van der Waals surface area contributed by atoms with E-state index >= 15 is 0 Å². The van der Waals surface area contributed by atoms with Gasteiger partial charge in [-0.05, 0) is 26.1 Å². The van der Waals surface area contributed by atoms with E-state index in [0.717, 1.165) is 43.5 Å². The number of aliphatic imine (C=N–C) groups is 1. The predicted molar refractivity (Wildman–Crippen MR) is 118 cm³/mol. The molecular formula is C19H33IN4O. The van der Waals surface area contributed by atoms with Crippen LogP contribution in [-0.4, -0.2) is 50.2 Å². The van der Waals surface area contributed by atoms with Gasteiger partial charge in [0.2, 0.25) is 0 Å². The zero-order valence-corrected chi connectivity index (χ0v) is 18.1. The normalized spacial score (nSPS) is 11.0. The van der Waals surface area contributed by atoms with Gasteiger partial charge in [-0.3, -0.25) is 0 Å². The Kier molecular flexibility index (Phi) is 14.2. The quantitative estimate of drug-likeness (QED) is 0.230. The van der Waals surface area contributed by atoms with Gasteiger partial charge in [-0.15, -0.1) is 30.6 Å². The monoisotopic (exact) mass is 460 g/mol. The Balaban J connectivity index is 0.00000576. The van der Waals surface area contributed by atoms with Crippen molar-refractivity contribution in [2.24, 2.45) is 4.99 Å². The van der Waals surface area contributed by atoms with E-state index in [-0.39, 0.29) is 24.0 Å². The van der Waals surface area contributed by atoms with Crippen LogP contribution < -0.4 is 15.4 Å². The first kappa shape index (κ1) is 23.7. The molecule has 0 bridgehead atoms. The van der Waals surface area contributed by atoms with E-state index in [1.807, 2.05) is 24.3 Å². The largest absolute Gasteiger partial charge is 0.492 e. The third-order valence-corrected chi connectivity index (χ3v) is 3.70. The molecule has 1 aromatic rings. The standard InChI is InChI=1S/C19H32N4O.HI/c1-5-13-21-19(20-6-2)22-16-17-11-9-10-12-18(17)24-15-14-23(7-3)8-4;/h5,9-12H,1,6-8,13-16H2,2-4H3,(H2,20,21,22);1H. The van der Waals surface area contributed by atoms with Crippen LogP contribution in [0, 0.1) is 0 Å². The van der Waals surface area contributed by atoms with Gasteiger partial charge in [0.15, 0.2) is 5.96 Å². The number of benzene rings is 1. The molecule has 0 saturated carbocycles. The summed E-state index contributed by atoms with van der Waals surface area (Å²) >= 11 is 0. The fourth-order valence-electron chi connectivity index (χ4n) is 2.27. The van der Waals surface area contributed by atoms with Gasteiger partial charge >= 0.3 is 0 Å². The fourth-order valence-corrected chi connectivity index (χ4v) is 2.27. The number of para-hydroxylation sites is 1. The summed E-state index contributed by atoms with van der Waals surface area (Å²) in [6.07, 6.45) is 1.82.